The lowest BCUT2D eigenvalue weighted by atomic mass is 9.76. The number of allylic oxidation sites excluding steroid dienone is 3. The maximum absolute atomic E-state index is 12.9. The lowest BCUT2D eigenvalue weighted by Crippen LogP contribution is -2.38. The molecule has 148 valence electrons. The molecule has 4 N–H and O–H groups in total. The molecule has 0 fully saturated rings. The Morgan fingerprint density at radius 1 is 1.17 bits per heavy atom. The van der Waals surface area contributed by atoms with E-state index in [2.05, 4.69) is 6.07 Å². The molecule has 29 heavy (non-hydrogen) atoms. The van der Waals surface area contributed by atoms with Gasteiger partial charge in [-0.3, -0.25) is 9.69 Å². The van der Waals surface area contributed by atoms with E-state index in [9.17, 15) is 18.5 Å². The van der Waals surface area contributed by atoms with E-state index >= 15 is 0 Å². The van der Waals surface area contributed by atoms with Gasteiger partial charge in [0.25, 0.3) is 0 Å². The summed E-state index contributed by atoms with van der Waals surface area (Å²) in [6, 6.07) is 10.0. The summed E-state index contributed by atoms with van der Waals surface area (Å²) < 4.78 is 23.1. The third-order valence-electron chi connectivity index (χ3n) is 5.21. The van der Waals surface area contributed by atoms with Crippen molar-refractivity contribution in [1.29, 1.82) is 5.26 Å². The van der Waals surface area contributed by atoms with E-state index in [-0.39, 0.29) is 16.5 Å². The first-order valence-electron chi connectivity index (χ1n) is 8.94. The van der Waals surface area contributed by atoms with E-state index in [1.807, 2.05) is 16.8 Å². The zero-order valence-electron chi connectivity index (χ0n) is 15.3. The van der Waals surface area contributed by atoms with Crippen LogP contribution in [0, 0.1) is 11.3 Å². The molecule has 1 aliphatic heterocycles. The molecule has 0 spiro atoms. The van der Waals surface area contributed by atoms with Gasteiger partial charge in [-0.1, -0.05) is 0 Å². The van der Waals surface area contributed by atoms with Crippen LogP contribution in [0.4, 0.5) is 5.69 Å². The molecule has 0 radical (unpaired) electrons. The summed E-state index contributed by atoms with van der Waals surface area (Å²) >= 11 is 1.50. The van der Waals surface area contributed by atoms with Gasteiger partial charge in [-0.2, -0.15) is 16.6 Å². The van der Waals surface area contributed by atoms with Crippen LogP contribution >= 0.6 is 11.3 Å². The van der Waals surface area contributed by atoms with Crippen LogP contribution in [0.5, 0.6) is 0 Å². The topological polar surface area (TPSA) is 130 Å². The molecule has 0 saturated carbocycles. The molecule has 1 aromatic heterocycles. The highest BCUT2D eigenvalue weighted by atomic mass is 32.2. The number of hydrogen-bond donors (Lipinski definition) is 2. The standard InChI is InChI=1S/C20H18N4O3S2/c21-10-15-18(12-8-9-28-11-12)19-16(2-1-3-17(19)25)24(20(15)22)13-4-6-14(7-5-13)29(23,26)27/h4-9,11,18H,1-3,22H2,(H2,23,26,27). The average molecular weight is 427 g/mol. The number of sulfonamides is 1. The van der Waals surface area contributed by atoms with E-state index < -0.39 is 15.9 Å². The minimum absolute atomic E-state index is 0.00820. The summed E-state index contributed by atoms with van der Waals surface area (Å²) in [5, 5.41) is 18.9. The molecule has 2 aromatic rings. The molecule has 1 unspecified atom stereocenters. The lowest BCUT2D eigenvalue weighted by molar-refractivity contribution is -0.116. The number of thiophene rings is 1. The number of nitriles is 1. The highest BCUT2D eigenvalue weighted by molar-refractivity contribution is 7.89. The summed E-state index contributed by atoms with van der Waals surface area (Å²) in [5.41, 5.74) is 9.56. The van der Waals surface area contributed by atoms with Gasteiger partial charge in [0.2, 0.25) is 10.0 Å². The molecule has 2 heterocycles. The van der Waals surface area contributed by atoms with Crippen molar-refractivity contribution < 1.29 is 13.2 Å². The van der Waals surface area contributed by atoms with Crippen LogP contribution in [0.25, 0.3) is 0 Å². The van der Waals surface area contributed by atoms with Crippen molar-refractivity contribution in [3.63, 3.8) is 0 Å². The van der Waals surface area contributed by atoms with E-state index in [1.165, 1.54) is 23.5 Å². The van der Waals surface area contributed by atoms with E-state index in [4.69, 9.17) is 10.9 Å². The molecule has 0 bridgehead atoms. The van der Waals surface area contributed by atoms with E-state index in [0.29, 0.717) is 36.1 Å². The maximum Gasteiger partial charge on any atom is 0.238 e. The van der Waals surface area contributed by atoms with Crippen LogP contribution < -0.4 is 15.8 Å². The second kappa shape index (κ2) is 7.15. The Morgan fingerprint density at radius 3 is 2.48 bits per heavy atom. The smallest absolute Gasteiger partial charge is 0.238 e. The molecular weight excluding hydrogens is 408 g/mol. The Bertz CT molecular complexity index is 1190. The highest BCUT2D eigenvalue weighted by Crippen LogP contribution is 2.46. The molecule has 4 rings (SSSR count). The molecule has 1 aliphatic carbocycles. The van der Waals surface area contributed by atoms with Gasteiger partial charge in [0.05, 0.1) is 22.5 Å². The van der Waals surface area contributed by atoms with Gasteiger partial charge in [0, 0.05) is 23.4 Å². The molecule has 1 aromatic carbocycles. The van der Waals surface area contributed by atoms with Gasteiger partial charge in [-0.05, 0) is 59.5 Å². The molecule has 2 aliphatic rings. The van der Waals surface area contributed by atoms with Crippen molar-refractivity contribution in [2.45, 2.75) is 30.1 Å². The quantitative estimate of drug-likeness (QED) is 0.776. The maximum atomic E-state index is 12.9. The zero-order chi connectivity index (χ0) is 20.8. The van der Waals surface area contributed by atoms with Gasteiger partial charge < -0.3 is 5.73 Å². The Balaban J connectivity index is 1.91. The van der Waals surface area contributed by atoms with Gasteiger partial charge >= 0.3 is 0 Å². The monoisotopic (exact) mass is 426 g/mol. The minimum atomic E-state index is -3.83. The number of benzene rings is 1. The Hall–Kier alpha value is -2.93. The van der Waals surface area contributed by atoms with Crippen molar-refractivity contribution in [2.75, 3.05) is 4.90 Å². The third-order valence-corrected chi connectivity index (χ3v) is 6.84. The van der Waals surface area contributed by atoms with Gasteiger partial charge in [0.15, 0.2) is 5.78 Å². The fraction of sp³-hybridized carbons (Fsp3) is 0.200. The van der Waals surface area contributed by atoms with E-state index in [0.717, 1.165) is 11.3 Å². The number of nitrogens with two attached hydrogens (primary N) is 2. The summed E-state index contributed by atoms with van der Waals surface area (Å²) in [4.78, 5) is 14.6. The van der Waals surface area contributed by atoms with Crippen LogP contribution in [-0.2, 0) is 14.8 Å². The number of carbonyl (C=O) groups excluding carboxylic acids is 1. The first-order valence-corrected chi connectivity index (χ1v) is 11.4. The van der Waals surface area contributed by atoms with Gasteiger partial charge in [-0.25, -0.2) is 13.6 Å². The zero-order valence-corrected chi connectivity index (χ0v) is 17.0. The molecule has 0 saturated heterocycles. The molecule has 1 atom stereocenters. The van der Waals surface area contributed by atoms with Gasteiger partial charge in [0.1, 0.15) is 5.82 Å². The molecule has 9 heteroatoms. The van der Waals surface area contributed by atoms with Gasteiger partial charge in [-0.15, -0.1) is 0 Å². The van der Waals surface area contributed by atoms with Crippen LogP contribution in [-0.4, -0.2) is 14.2 Å². The third kappa shape index (κ3) is 3.25. The summed E-state index contributed by atoms with van der Waals surface area (Å²) in [7, 11) is -3.83. The fourth-order valence-corrected chi connectivity index (χ4v) is 5.14. The first kappa shape index (κ1) is 19.4. The molecule has 7 nitrogen and oxygen atoms in total. The number of anilines is 1. The normalized spacial score (nSPS) is 19.9. The molecule has 0 amide bonds. The van der Waals surface area contributed by atoms with Crippen LogP contribution in [0.15, 0.2) is 68.7 Å². The first-order chi connectivity index (χ1) is 13.8. The number of hydrogen-bond acceptors (Lipinski definition) is 7. The average Bonchev–Trinajstić information content (AvgIpc) is 3.21. The number of primary sulfonamides is 1. The Labute approximate surface area is 172 Å². The van der Waals surface area contributed by atoms with E-state index in [1.54, 1.807) is 17.0 Å². The van der Waals surface area contributed by atoms with Crippen molar-refractivity contribution >= 4 is 32.8 Å². The van der Waals surface area contributed by atoms with Crippen molar-refractivity contribution in [1.82, 2.24) is 0 Å². The minimum Gasteiger partial charge on any atom is -0.384 e. The van der Waals surface area contributed by atoms with Crippen molar-refractivity contribution in [2.24, 2.45) is 10.9 Å². The highest BCUT2D eigenvalue weighted by Gasteiger charge is 2.40. The number of Topliss-reactive ketones (excluding diaryl/α,β-unsaturated/α-hetero) is 1. The van der Waals surface area contributed by atoms with Crippen molar-refractivity contribution in [3.8, 4) is 6.07 Å². The largest absolute Gasteiger partial charge is 0.384 e. The summed E-state index contributed by atoms with van der Waals surface area (Å²) in [5.74, 6) is -0.219. The summed E-state index contributed by atoms with van der Waals surface area (Å²) in [6.07, 6.45) is 1.75. The van der Waals surface area contributed by atoms with Crippen LogP contribution in [0.1, 0.15) is 30.7 Å². The number of nitrogens with zero attached hydrogens (tertiary/aromatic N) is 2. The Kier molecular flexibility index (Phi) is 4.78. The summed E-state index contributed by atoms with van der Waals surface area (Å²) in [6.45, 7) is 0. The lowest BCUT2D eigenvalue weighted by Gasteiger charge is -2.39. The predicted molar refractivity (Wildman–Crippen MR) is 110 cm³/mol. The molecular formula is C20H18N4O3S2. The second-order valence-electron chi connectivity index (χ2n) is 6.91. The number of carbonyl (C=O) groups is 1. The predicted octanol–water partition coefficient (Wildman–Crippen LogP) is 2.70. The van der Waals surface area contributed by atoms with Crippen LogP contribution in [0.3, 0.4) is 0 Å². The fourth-order valence-electron chi connectivity index (χ4n) is 3.94. The number of rotatable bonds is 3. The second-order valence-corrected chi connectivity index (χ2v) is 9.25. The van der Waals surface area contributed by atoms with Crippen molar-refractivity contribution in [3.05, 3.63) is 69.3 Å². The Morgan fingerprint density at radius 2 is 1.90 bits per heavy atom. The number of ketones is 1. The van der Waals surface area contributed by atoms with Crippen LogP contribution in [0.2, 0.25) is 0 Å². The SMILES string of the molecule is N#CC1=C(N)N(c2ccc(S(N)(=O)=O)cc2)C2=C(C(=O)CCC2)C1c1ccsc1.